The first-order valence-electron chi connectivity index (χ1n) is 7.35. The monoisotopic (exact) mass is 357 g/mol. The minimum atomic E-state index is -1.02. The number of benzene rings is 1. The number of methoxy groups -OCH3 is 1. The lowest BCUT2D eigenvalue weighted by Gasteiger charge is -2.38. The third kappa shape index (κ3) is 3.15. The maximum absolute atomic E-state index is 13.6. The minimum Gasteiger partial charge on any atom is -0.394 e. The van der Waals surface area contributed by atoms with Gasteiger partial charge in [-0.05, 0) is 12.1 Å². The Hall–Kier alpha value is -1.58. The van der Waals surface area contributed by atoms with Crippen LogP contribution in [-0.4, -0.2) is 63.8 Å². The molecule has 9 heteroatoms. The molecule has 0 amide bonds. The number of hydrogen-bond acceptors (Lipinski definition) is 6. The quantitative estimate of drug-likeness (QED) is 0.850. The SMILES string of the molecule is COC1COC(CO)C(O)C1n1cc(-c2ccc(Cl)c(F)c2)nn1. The fourth-order valence-corrected chi connectivity index (χ4v) is 2.88. The van der Waals surface area contributed by atoms with E-state index in [1.165, 1.54) is 23.9 Å². The van der Waals surface area contributed by atoms with Crippen molar-refractivity contribution >= 4 is 11.6 Å². The molecule has 0 aliphatic carbocycles. The lowest BCUT2D eigenvalue weighted by atomic mass is 9.97. The summed E-state index contributed by atoms with van der Waals surface area (Å²) in [6.07, 6.45) is -0.631. The van der Waals surface area contributed by atoms with Gasteiger partial charge in [0.2, 0.25) is 0 Å². The first-order chi connectivity index (χ1) is 11.5. The van der Waals surface area contributed by atoms with E-state index in [0.29, 0.717) is 11.3 Å². The number of halogens is 2. The predicted octanol–water partition coefficient (Wildman–Crippen LogP) is 1.05. The van der Waals surface area contributed by atoms with E-state index in [2.05, 4.69) is 10.3 Å². The van der Waals surface area contributed by atoms with Gasteiger partial charge in [-0.25, -0.2) is 9.07 Å². The maximum Gasteiger partial charge on any atom is 0.142 e. The predicted molar refractivity (Wildman–Crippen MR) is 83.1 cm³/mol. The number of aliphatic hydroxyl groups excluding tert-OH is 2. The van der Waals surface area contributed by atoms with Gasteiger partial charge in [-0.15, -0.1) is 5.10 Å². The topological polar surface area (TPSA) is 89.6 Å². The van der Waals surface area contributed by atoms with Crippen LogP contribution in [0.3, 0.4) is 0 Å². The summed E-state index contributed by atoms with van der Waals surface area (Å²) in [5, 5.41) is 27.8. The summed E-state index contributed by atoms with van der Waals surface area (Å²) in [5.41, 5.74) is 0.942. The average molecular weight is 358 g/mol. The van der Waals surface area contributed by atoms with Crippen molar-refractivity contribution in [3.63, 3.8) is 0 Å². The Bertz CT molecular complexity index is 714. The van der Waals surface area contributed by atoms with Gasteiger partial charge in [-0.3, -0.25) is 0 Å². The largest absolute Gasteiger partial charge is 0.394 e. The summed E-state index contributed by atoms with van der Waals surface area (Å²) in [7, 11) is 1.50. The highest BCUT2D eigenvalue weighted by atomic mass is 35.5. The van der Waals surface area contributed by atoms with Gasteiger partial charge in [-0.1, -0.05) is 22.9 Å². The number of ether oxygens (including phenoxy) is 2. The third-order valence-corrected chi connectivity index (χ3v) is 4.41. The van der Waals surface area contributed by atoms with E-state index in [1.54, 1.807) is 12.3 Å². The van der Waals surface area contributed by atoms with Gasteiger partial charge in [0.25, 0.3) is 0 Å². The first-order valence-corrected chi connectivity index (χ1v) is 7.73. The van der Waals surface area contributed by atoms with E-state index in [-0.39, 0.29) is 18.2 Å². The molecule has 130 valence electrons. The Kier molecular flexibility index (Phi) is 5.12. The van der Waals surface area contributed by atoms with Crippen molar-refractivity contribution in [1.29, 1.82) is 0 Å². The third-order valence-electron chi connectivity index (χ3n) is 4.10. The highest BCUT2D eigenvalue weighted by molar-refractivity contribution is 6.30. The number of nitrogens with zero attached hydrogens (tertiary/aromatic N) is 3. The van der Waals surface area contributed by atoms with E-state index >= 15 is 0 Å². The van der Waals surface area contributed by atoms with Crippen LogP contribution >= 0.6 is 11.6 Å². The molecule has 1 aromatic carbocycles. The van der Waals surface area contributed by atoms with Crippen molar-refractivity contribution in [2.75, 3.05) is 20.3 Å². The van der Waals surface area contributed by atoms with E-state index in [0.717, 1.165) is 0 Å². The maximum atomic E-state index is 13.6. The molecule has 2 heterocycles. The van der Waals surface area contributed by atoms with Crippen LogP contribution in [0, 0.1) is 5.82 Å². The first kappa shape index (κ1) is 17.2. The molecule has 0 spiro atoms. The van der Waals surface area contributed by atoms with Crippen LogP contribution in [0.5, 0.6) is 0 Å². The molecule has 4 atom stereocenters. The van der Waals surface area contributed by atoms with Crippen molar-refractivity contribution < 1.29 is 24.1 Å². The molecule has 3 rings (SSSR count). The molecular formula is C15H17ClFN3O4. The molecule has 2 N–H and O–H groups in total. The van der Waals surface area contributed by atoms with E-state index in [1.807, 2.05) is 0 Å². The molecule has 1 aromatic heterocycles. The van der Waals surface area contributed by atoms with Crippen LogP contribution in [-0.2, 0) is 9.47 Å². The lowest BCUT2D eigenvalue weighted by molar-refractivity contribution is -0.174. The van der Waals surface area contributed by atoms with Crippen molar-refractivity contribution in [2.24, 2.45) is 0 Å². The van der Waals surface area contributed by atoms with Gasteiger partial charge >= 0.3 is 0 Å². The smallest absolute Gasteiger partial charge is 0.142 e. The van der Waals surface area contributed by atoms with Gasteiger partial charge in [-0.2, -0.15) is 0 Å². The minimum absolute atomic E-state index is 0.0243. The number of hydrogen-bond donors (Lipinski definition) is 2. The Labute approximate surface area is 142 Å². The zero-order chi connectivity index (χ0) is 17.3. The van der Waals surface area contributed by atoms with E-state index in [9.17, 15) is 14.6 Å². The summed E-state index contributed by atoms with van der Waals surface area (Å²) in [4.78, 5) is 0. The van der Waals surface area contributed by atoms with Crippen molar-refractivity contribution in [3.8, 4) is 11.3 Å². The second kappa shape index (κ2) is 7.12. The molecule has 2 aromatic rings. The highest BCUT2D eigenvalue weighted by Gasteiger charge is 2.41. The average Bonchev–Trinajstić information content (AvgIpc) is 3.06. The Morgan fingerprint density at radius 1 is 1.50 bits per heavy atom. The number of rotatable bonds is 4. The molecule has 7 nitrogen and oxygen atoms in total. The molecule has 1 aliphatic rings. The highest BCUT2D eigenvalue weighted by Crippen LogP contribution is 2.29. The molecule has 4 unspecified atom stereocenters. The molecule has 1 saturated heterocycles. The summed E-state index contributed by atoms with van der Waals surface area (Å²) < 4.78 is 25.8. The Morgan fingerprint density at radius 3 is 2.96 bits per heavy atom. The van der Waals surface area contributed by atoms with Crippen LogP contribution in [0.4, 0.5) is 4.39 Å². The summed E-state index contributed by atoms with van der Waals surface area (Å²) in [5.74, 6) is -0.551. The Morgan fingerprint density at radius 2 is 2.29 bits per heavy atom. The van der Waals surface area contributed by atoms with Crippen molar-refractivity contribution in [3.05, 3.63) is 35.2 Å². The molecule has 0 radical (unpaired) electrons. The van der Waals surface area contributed by atoms with Crippen LogP contribution < -0.4 is 0 Å². The summed E-state index contributed by atoms with van der Waals surface area (Å²) in [6, 6.07) is 3.75. The van der Waals surface area contributed by atoms with Crippen LogP contribution in [0.25, 0.3) is 11.3 Å². The normalized spacial score (nSPS) is 27.4. The van der Waals surface area contributed by atoms with Gasteiger partial charge < -0.3 is 19.7 Å². The van der Waals surface area contributed by atoms with Gasteiger partial charge in [0.05, 0.1) is 24.4 Å². The van der Waals surface area contributed by atoms with Gasteiger partial charge in [0, 0.05) is 12.7 Å². The molecular weight excluding hydrogens is 341 g/mol. The second-order valence-electron chi connectivity index (χ2n) is 5.52. The standard InChI is InChI=1S/C15H17ClFN3O4/c1-23-13-7-24-12(6-21)15(22)14(13)20-5-11(18-19-20)8-2-3-9(16)10(17)4-8/h2-5,12-15,21-22H,6-7H2,1H3. The fraction of sp³-hybridized carbons (Fsp3) is 0.467. The Balaban J connectivity index is 1.91. The molecule has 0 saturated carbocycles. The molecule has 1 fully saturated rings. The van der Waals surface area contributed by atoms with Crippen molar-refractivity contribution in [1.82, 2.24) is 15.0 Å². The van der Waals surface area contributed by atoms with Gasteiger partial charge in [0.1, 0.15) is 35.9 Å². The van der Waals surface area contributed by atoms with Crippen molar-refractivity contribution in [2.45, 2.75) is 24.4 Å². The zero-order valence-electron chi connectivity index (χ0n) is 12.8. The summed E-state index contributed by atoms with van der Waals surface area (Å²) >= 11 is 5.68. The van der Waals surface area contributed by atoms with Crippen LogP contribution in [0.2, 0.25) is 5.02 Å². The lowest BCUT2D eigenvalue weighted by Crippen LogP contribution is -2.52. The summed E-state index contributed by atoms with van der Waals surface area (Å²) in [6.45, 7) is -0.119. The van der Waals surface area contributed by atoms with E-state index < -0.39 is 30.2 Å². The fourth-order valence-electron chi connectivity index (χ4n) is 2.76. The molecule has 24 heavy (non-hydrogen) atoms. The molecule has 0 bridgehead atoms. The second-order valence-corrected chi connectivity index (χ2v) is 5.93. The number of aliphatic hydroxyl groups is 2. The van der Waals surface area contributed by atoms with Gasteiger partial charge in [0.15, 0.2) is 0 Å². The van der Waals surface area contributed by atoms with E-state index in [4.69, 9.17) is 21.1 Å². The van der Waals surface area contributed by atoms with Crippen LogP contribution in [0.1, 0.15) is 6.04 Å². The molecule has 1 aliphatic heterocycles. The zero-order valence-corrected chi connectivity index (χ0v) is 13.6. The number of aromatic nitrogens is 3. The van der Waals surface area contributed by atoms with Crippen LogP contribution in [0.15, 0.2) is 24.4 Å².